The van der Waals surface area contributed by atoms with Gasteiger partial charge in [-0.3, -0.25) is 0 Å². The van der Waals surface area contributed by atoms with Crippen LogP contribution in [0.2, 0.25) is 0 Å². The molecule has 0 radical (unpaired) electrons. The van der Waals surface area contributed by atoms with Crippen LogP contribution in [0.5, 0.6) is 0 Å². The van der Waals surface area contributed by atoms with Crippen molar-refractivity contribution in [3.8, 4) is 0 Å². The van der Waals surface area contributed by atoms with Gasteiger partial charge in [-0.05, 0) is 37.8 Å². The van der Waals surface area contributed by atoms with Crippen molar-refractivity contribution >= 4 is 0 Å². The molecular formula is C10H20N2. The first-order chi connectivity index (χ1) is 5.54. The molecule has 70 valence electrons. The maximum atomic E-state index is 5.53. The number of hydrogen-bond acceptors (Lipinski definition) is 2. The molecule has 0 rings (SSSR count). The molecule has 0 fully saturated rings. The van der Waals surface area contributed by atoms with Crippen LogP contribution in [-0.4, -0.2) is 0 Å². The molecule has 0 atom stereocenters. The molecule has 0 aromatic carbocycles. The molecule has 4 N–H and O–H groups in total. The van der Waals surface area contributed by atoms with E-state index in [0.717, 1.165) is 18.4 Å². The number of hydrogen-bond donors (Lipinski definition) is 2. The van der Waals surface area contributed by atoms with Crippen molar-refractivity contribution in [2.24, 2.45) is 11.5 Å². The van der Waals surface area contributed by atoms with Gasteiger partial charge in [0.25, 0.3) is 0 Å². The Labute approximate surface area is 75.3 Å². The van der Waals surface area contributed by atoms with Crippen LogP contribution in [0.4, 0.5) is 0 Å². The largest absolute Gasteiger partial charge is 0.385 e. The van der Waals surface area contributed by atoms with Gasteiger partial charge in [0.05, 0.1) is 5.82 Å². The molecule has 0 aromatic rings. The van der Waals surface area contributed by atoms with E-state index >= 15 is 0 Å². The normalized spacial score (nSPS) is 12.3. The summed E-state index contributed by atoms with van der Waals surface area (Å²) in [5.74, 6) is 0.444. The van der Waals surface area contributed by atoms with E-state index in [1.807, 2.05) is 6.92 Å². The Balaban J connectivity index is 4.93. The molecule has 12 heavy (non-hydrogen) atoms. The minimum atomic E-state index is 0.444. The van der Waals surface area contributed by atoms with Gasteiger partial charge in [-0.25, -0.2) is 0 Å². The van der Waals surface area contributed by atoms with Gasteiger partial charge >= 0.3 is 0 Å². The summed E-state index contributed by atoms with van der Waals surface area (Å²) in [4.78, 5) is 0. The first-order valence-corrected chi connectivity index (χ1v) is 4.45. The van der Waals surface area contributed by atoms with E-state index in [9.17, 15) is 0 Å². The fourth-order valence-corrected chi connectivity index (χ4v) is 1.27. The highest BCUT2D eigenvalue weighted by Crippen LogP contribution is 2.20. The second-order valence-corrected chi connectivity index (χ2v) is 3.05. The van der Waals surface area contributed by atoms with Crippen molar-refractivity contribution < 1.29 is 0 Å². The Morgan fingerprint density at radius 2 is 1.50 bits per heavy atom. The van der Waals surface area contributed by atoms with Gasteiger partial charge in [-0.15, -0.1) is 0 Å². The van der Waals surface area contributed by atoms with Crippen molar-refractivity contribution in [3.05, 3.63) is 22.5 Å². The van der Waals surface area contributed by atoms with E-state index in [-0.39, 0.29) is 0 Å². The summed E-state index contributed by atoms with van der Waals surface area (Å²) in [6, 6.07) is 0. The van der Waals surface area contributed by atoms with Crippen molar-refractivity contribution in [2.75, 3.05) is 0 Å². The Morgan fingerprint density at radius 3 is 1.75 bits per heavy atom. The van der Waals surface area contributed by atoms with Crippen LogP contribution in [0.25, 0.3) is 0 Å². The monoisotopic (exact) mass is 168 g/mol. The quantitative estimate of drug-likeness (QED) is 0.635. The molecule has 0 aliphatic heterocycles. The predicted molar refractivity (Wildman–Crippen MR) is 54.4 cm³/mol. The highest BCUT2D eigenvalue weighted by molar-refractivity contribution is 5.34. The van der Waals surface area contributed by atoms with Gasteiger partial charge in [0, 0.05) is 0 Å². The highest BCUT2D eigenvalue weighted by Gasteiger charge is 2.03. The molecule has 0 bridgehead atoms. The highest BCUT2D eigenvalue weighted by atomic mass is 14.8. The summed E-state index contributed by atoms with van der Waals surface area (Å²) < 4.78 is 0. The van der Waals surface area contributed by atoms with Crippen LogP contribution in [0.15, 0.2) is 22.5 Å². The molecular weight excluding hydrogens is 148 g/mol. The van der Waals surface area contributed by atoms with Crippen molar-refractivity contribution in [1.82, 2.24) is 0 Å². The minimum Gasteiger partial charge on any atom is -0.385 e. The van der Waals surface area contributed by atoms with Gasteiger partial charge in [0.1, 0.15) is 0 Å². The summed E-state index contributed by atoms with van der Waals surface area (Å²) >= 11 is 0. The fourth-order valence-electron chi connectivity index (χ4n) is 1.27. The standard InChI is InChI=1S/C10H20N2/c1-5-7(3)9(6-2)8(4)10(11)12/h5-6,11-12H2,1-4H3/b9-7+. The lowest BCUT2D eigenvalue weighted by Crippen LogP contribution is -2.12. The smallest absolute Gasteiger partial charge is 0.0966 e. The molecule has 2 heteroatoms. The first kappa shape index (κ1) is 11.1. The van der Waals surface area contributed by atoms with E-state index in [1.165, 1.54) is 11.1 Å². The zero-order valence-electron chi connectivity index (χ0n) is 8.57. The Morgan fingerprint density at radius 1 is 1.00 bits per heavy atom. The van der Waals surface area contributed by atoms with Crippen LogP contribution in [-0.2, 0) is 0 Å². The number of nitrogens with two attached hydrogens (primary N) is 2. The zero-order valence-corrected chi connectivity index (χ0v) is 8.57. The summed E-state index contributed by atoms with van der Waals surface area (Å²) in [6.45, 7) is 8.38. The molecule has 2 nitrogen and oxygen atoms in total. The Bertz CT molecular complexity index is 208. The third-order valence-electron chi connectivity index (χ3n) is 2.28. The topological polar surface area (TPSA) is 52.0 Å². The zero-order chi connectivity index (χ0) is 9.72. The van der Waals surface area contributed by atoms with E-state index in [2.05, 4.69) is 20.8 Å². The number of allylic oxidation sites excluding steroid dienone is 3. The van der Waals surface area contributed by atoms with Crippen LogP contribution in [0.3, 0.4) is 0 Å². The lowest BCUT2D eigenvalue weighted by Gasteiger charge is -2.10. The first-order valence-electron chi connectivity index (χ1n) is 4.45. The second-order valence-electron chi connectivity index (χ2n) is 3.05. The average molecular weight is 168 g/mol. The molecule has 0 aromatic heterocycles. The van der Waals surface area contributed by atoms with Crippen LogP contribution in [0, 0.1) is 0 Å². The minimum absolute atomic E-state index is 0.444. The van der Waals surface area contributed by atoms with Crippen LogP contribution in [0.1, 0.15) is 40.5 Å². The Hall–Kier alpha value is -0.920. The lowest BCUT2D eigenvalue weighted by molar-refractivity contribution is 0.975. The third kappa shape index (κ3) is 2.61. The molecule has 0 spiro atoms. The average Bonchev–Trinajstić information content (AvgIpc) is 2.05. The summed E-state index contributed by atoms with van der Waals surface area (Å²) in [7, 11) is 0. The van der Waals surface area contributed by atoms with Gasteiger partial charge < -0.3 is 11.5 Å². The molecule has 0 unspecified atom stereocenters. The van der Waals surface area contributed by atoms with Crippen molar-refractivity contribution in [3.63, 3.8) is 0 Å². The summed E-state index contributed by atoms with van der Waals surface area (Å²) in [6.07, 6.45) is 2.07. The van der Waals surface area contributed by atoms with Crippen LogP contribution >= 0.6 is 0 Å². The molecule has 0 aliphatic rings. The van der Waals surface area contributed by atoms with E-state index in [1.54, 1.807) is 0 Å². The van der Waals surface area contributed by atoms with Gasteiger partial charge in [-0.1, -0.05) is 19.4 Å². The SMILES string of the molecule is CC/C(C)=C(\CC)C(C)=C(N)N. The van der Waals surface area contributed by atoms with E-state index < -0.39 is 0 Å². The van der Waals surface area contributed by atoms with Gasteiger partial charge in [-0.2, -0.15) is 0 Å². The fraction of sp³-hybridized carbons (Fsp3) is 0.600. The van der Waals surface area contributed by atoms with Gasteiger partial charge in [0.2, 0.25) is 0 Å². The number of rotatable bonds is 3. The van der Waals surface area contributed by atoms with E-state index in [0.29, 0.717) is 5.82 Å². The molecule has 0 heterocycles. The molecule has 0 amide bonds. The molecule has 0 saturated heterocycles. The van der Waals surface area contributed by atoms with Gasteiger partial charge in [0.15, 0.2) is 0 Å². The Kier molecular flexibility index (Phi) is 4.49. The lowest BCUT2D eigenvalue weighted by atomic mass is 9.98. The molecule has 0 saturated carbocycles. The summed E-state index contributed by atoms with van der Waals surface area (Å²) in [5, 5.41) is 0. The van der Waals surface area contributed by atoms with Crippen LogP contribution < -0.4 is 11.5 Å². The predicted octanol–water partition coefficient (Wildman–Crippen LogP) is 2.27. The second kappa shape index (κ2) is 4.86. The summed E-state index contributed by atoms with van der Waals surface area (Å²) in [5.41, 5.74) is 14.8. The molecule has 0 aliphatic carbocycles. The van der Waals surface area contributed by atoms with E-state index in [4.69, 9.17) is 11.5 Å². The van der Waals surface area contributed by atoms with Crippen molar-refractivity contribution in [2.45, 2.75) is 40.5 Å². The van der Waals surface area contributed by atoms with Crippen molar-refractivity contribution in [1.29, 1.82) is 0 Å². The third-order valence-corrected chi connectivity index (χ3v) is 2.28. The maximum absolute atomic E-state index is 5.53. The maximum Gasteiger partial charge on any atom is 0.0966 e.